The lowest BCUT2D eigenvalue weighted by molar-refractivity contribution is 0.295. The Balaban J connectivity index is 0.00000480. The van der Waals surface area contributed by atoms with Gasteiger partial charge in [0, 0.05) is 18.7 Å². The highest BCUT2D eigenvalue weighted by atomic mass is 127. The van der Waals surface area contributed by atoms with E-state index in [2.05, 4.69) is 20.5 Å². The van der Waals surface area contributed by atoms with Gasteiger partial charge in [-0.15, -0.1) is 24.0 Å². The second-order valence-corrected chi connectivity index (χ2v) is 6.91. The number of nitrogens with one attached hydrogen (secondary N) is 2. The Morgan fingerprint density at radius 2 is 1.74 bits per heavy atom. The van der Waals surface area contributed by atoms with Gasteiger partial charge >= 0.3 is 0 Å². The van der Waals surface area contributed by atoms with Gasteiger partial charge in [0.1, 0.15) is 11.6 Å². The normalized spacial score (nSPS) is 12.2. The monoisotopic (exact) mass is 548 g/mol. The fraction of sp³-hybridized carbons (Fsp3) is 0.409. The van der Waals surface area contributed by atoms with E-state index in [-0.39, 0.29) is 42.1 Å². The Bertz CT molecular complexity index is 865. The third-order valence-corrected chi connectivity index (χ3v) is 4.64. The summed E-state index contributed by atoms with van der Waals surface area (Å²) < 4.78 is 38.0. The molecular formula is C22H31F2IN4O2. The Labute approximate surface area is 200 Å². The fourth-order valence-corrected chi connectivity index (χ4v) is 3.02. The highest BCUT2D eigenvalue weighted by Gasteiger charge is 2.17. The van der Waals surface area contributed by atoms with E-state index in [4.69, 9.17) is 9.47 Å². The molecule has 172 valence electrons. The molecule has 1 atom stereocenters. The van der Waals surface area contributed by atoms with Gasteiger partial charge in [0.05, 0.1) is 26.8 Å². The van der Waals surface area contributed by atoms with Gasteiger partial charge < -0.3 is 25.0 Å². The number of ether oxygens (including phenoxy) is 2. The number of aliphatic imine (C=N–C) groups is 1. The van der Waals surface area contributed by atoms with Crippen molar-refractivity contribution in [3.8, 4) is 11.5 Å². The maximum atomic E-state index is 13.9. The van der Waals surface area contributed by atoms with Crippen LogP contribution >= 0.6 is 24.0 Å². The van der Waals surface area contributed by atoms with E-state index in [9.17, 15) is 8.78 Å². The summed E-state index contributed by atoms with van der Waals surface area (Å²) in [4.78, 5) is 6.47. The van der Waals surface area contributed by atoms with E-state index in [0.29, 0.717) is 30.5 Å². The summed E-state index contributed by atoms with van der Waals surface area (Å²) in [5.41, 5.74) is 1.24. The van der Waals surface area contributed by atoms with Gasteiger partial charge in [0.15, 0.2) is 17.5 Å². The lowest BCUT2D eigenvalue weighted by atomic mass is 10.1. The number of methoxy groups -OCH3 is 2. The molecule has 0 aromatic heterocycles. The second-order valence-electron chi connectivity index (χ2n) is 6.91. The Kier molecular flexibility index (Phi) is 11.5. The minimum absolute atomic E-state index is 0. The number of halogens is 3. The van der Waals surface area contributed by atoms with E-state index >= 15 is 0 Å². The number of hydrogen-bond acceptors (Lipinski definition) is 4. The van der Waals surface area contributed by atoms with Crippen molar-refractivity contribution in [1.29, 1.82) is 0 Å². The standard InChI is InChI=1S/C22H30F2N4O2.HI/c1-6-25-22(26-13-16-11-17(23)8-9-18(16)24)27-14-19(28(2)3)15-7-10-20(29-4)21(12-15)30-5;/h7-12,19H,6,13-14H2,1-5H3,(H2,25,26,27);1H. The highest BCUT2D eigenvalue weighted by molar-refractivity contribution is 14.0. The van der Waals surface area contributed by atoms with Crippen LogP contribution in [-0.2, 0) is 6.54 Å². The molecule has 0 aliphatic carbocycles. The topological polar surface area (TPSA) is 58.1 Å². The van der Waals surface area contributed by atoms with Gasteiger partial charge in [-0.1, -0.05) is 6.07 Å². The Morgan fingerprint density at radius 1 is 1.03 bits per heavy atom. The van der Waals surface area contributed by atoms with Crippen molar-refractivity contribution in [2.24, 2.45) is 4.99 Å². The Morgan fingerprint density at radius 3 is 2.35 bits per heavy atom. The predicted molar refractivity (Wildman–Crippen MR) is 131 cm³/mol. The van der Waals surface area contributed by atoms with Crippen molar-refractivity contribution in [2.45, 2.75) is 19.5 Å². The first-order valence-electron chi connectivity index (χ1n) is 9.74. The minimum Gasteiger partial charge on any atom is -0.493 e. The van der Waals surface area contributed by atoms with Gasteiger partial charge in [-0.05, 0) is 56.9 Å². The number of rotatable bonds is 9. The Hall–Kier alpha value is -2.14. The smallest absolute Gasteiger partial charge is 0.191 e. The van der Waals surface area contributed by atoms with Crippen LogP contribution in [0, 0.1) is 11.6 Å². The van der Waals surface area contributed by atoms with Crippen LogP contribution < -0.4 is 20.1 Å². The number of benzene rings is 2. The first-order valence-corrected chi connectivity index (χ1v) is 9.74. The van der Waals surface area contributed by atoms with Gasteiger partial charge in [-0.25, -0.2) is 13.8 Å². The van der Waals surface area contributed by atoms with E-state index in [0.717, 1.165) is 23.8 Å². The third kappa shape index (κ3) is 7.80. The van der Waals surface area contributed by atoms with Crippen molar-refractivity contribution in [3.05, 3.63) is 59.2 Å². The number of nitrogens with zero attached hydrogens (tertiary/aromatic N) is 2. The molecule has 0 saturated heterocycles. The van der Waals surface area contributed by atoms with Crippen LogP contribution in [0.1, 0.15) is 24.1 Å². The quantitative estimate of drug-likeness (QED) is 0.283. The predicted octanol–water partition coefficient (Wildman–Crippen LogP) is 3.96. The molecule has 0 aliphatic rings. The van der Waals surface area contributed by atoms with Crippen molar-refractivity contribution in [3.63, 3.8) is 0 Å². The van der Waals surface area contributed by atoms with E-state index in [1.807, 2.05) is 39.2 Å². The lowest BCUT2D eigenvalue weighted by Crippen LogP contribution is -2.41. The summed E-state index contributed by atoms with van der Waals surface area (Å²) in [6.07, 6.45) is 0. The largest absolute Gasteiger partial charge is 0.493 e. The van der Waals surface area contributed by atoms with Gasteiger partial charge in [-0.3, -0.25) is 0 Å². The highest BCUT2D eigenvalue weighted by Crippen LogP contribution is 2.31. The maximum Gasteiger partial charge on any atom is 0.191 e. The summed E-state index contributed by atoms with van der Waals surface area (Å²) in [7, 11) is 7.17. The van der Waals surface area contributed by atoms with E-state index in [1.54, 1.807) is 14.2 Å². The first-order chi connectivity index (χ1) is 14.4. The molecule has 0 bridgehead atoms. The molecule has 2 rings (SSSR count). The lowest BCUT2D eigenvalue weighted by Gasteiger charge is -2.26. The van der Waals surface area contributed by atoms with Crippen LogP contribution in [0.4, 0.5) is 8.78 Å². The molecule has 0 spiro atoms. The zero-order valence-electron chi connectivity index (χ0n) is 18.5. The van der Waals surface area contributed by atoms with Crippen molar-refractivity contribution in [1.82, 2.24) is 15.5 Å². The van der Waals surface area contributed by atoms with Gasteiger partial charge in [0.2, 0.25) is 0 Å². The van der Waals surface area contributed by atoms with E-state index < -0.39 is 11.6 Å². The average Bonchev–Trinajstić information content (AvgIpc) is 2.73. The average molecular weight is 548 g/mol. The summed E-state index contributed by atoms with van der Waals surface area (Å²) in [5.74, 6) is 0.879. The molecule has 0 heterocycles. The molecule has 2 aromatic rings. The maximum absolute atomic E-state index is 13.9. The van der Waals surface area contributed by atoms with Crippen molar-refractivity contribution >= 4 is 29.9 Å². The molecule has 6 nitrogen and oxygen atoms in total. The molecule has 1 unspecified atom stereocenters. The number of guanidine groups is 1. The molecule has 0 fully saturated rings. The molecular weight excluding hydrogens is 517 g/mol. The first kappa shape index (κ1) is 26.9. The summed E-state index contributed by atoms with van der Waals surface area (Å²) in [6.45, 7) is 3.15. The summed E-state index contributed by atoms with van der Waals surface area (Å²) in [6, 6.07) is 9.18. The molecule has 2 aromatic carbocycles. The van der Waals surface area contributed by atoms with Crippen molar-refractivity contribution in [2.75, 3.05) is 41.4 Å². The SMILES string of the molecule is CCNC(=NCc1cc(F)ccc1F)NCC(c1ccc(OC)c(OC)c1)N(C)C.I. The molecule has 2 N–H and O–H groups in total. The van der Waals surface area contributed by atoms with Crippen molar-refractivity contribution < 1.29 is 18.3 Å². The van der Waals surface area contributed by atoms with Crippen LogP contribution in [-0.4, -0.2) is 52.3 Å². The molecule has 0 aliphatic heterocycles. The fourth-order valence-electron chi connectivity index (χ4n) is 3.02. The number of hydrogen-bond donors (Lipinski definition) is 2. The second kappa shape index (κ2) is 13.3. The van der Waals surface area contributed by atoms with Gasteiger partial charge in [-0.2, -0.15) is 0 Å². The molecule has 9 heteroatoms. The molecule has 0 radical (unpaired) electrons. The zero-order chi connectivity index (χ0) is 22.1. The molecule has 0 saturated carbocycles. The number of likely N-dealkylation sites (N-methyl/N-ethyl adjacent to an activating group) is 1. The van der Waals surface area contributed by atoms with E-state index in [1.165, 1.54) is 0 Å². The molecule has 31 heavy (non-hydrogen) atoms. The van der Waals surface area contributed by atoms with Crippen LogP contribution in [0.3, 0.4) is 0 Å². The summed E-state index contributed by atoms with van der Waals surface area (Å²) >= 11 is 0. The summed E-state index contributed by atoms with van der Waals surface area (Å²) in [5, 5.41) is 6.41. The molecule has 0 amide bonds. The van der Waals surface area contributed by atoms with Crippen LogP contribution in [0.25, 0.3) is 0 Å². The van der Waals surface area contributed by atoms with Crippen LogP contribution in [0.5, 0.6) is 11.5 Å². The van der Waals surface area contributed by atoms with Crippen LogP contribution in [0.2, 0.25) is 0 Å². The van der Waals surface area contributed by atoms with Gasteiger partial charge in [0.25, 0.3) is 0 Å². The van der Waals surface area contributed by atoms with Crippen LogP contribution in [0.15, 0.2) is 41.4 Å². The minimum atomic E-state index is -0.485. The third-order valence-electron chi connectivity index (χ3n) is 4.64. The zero-order valence-corrected chi connectivity index (χ0v) is 20.9.